The molecule has 0 radical (unpaired) electrons. The van der Waals surface area contributed by atoms with E-state index in [0.29, 0.717) is 17.9 Å². The van der Waals surface area contributed by atoms with Crippen molar-refractivity contribution in [3.63, 3.8) is 0 Å². The fourth-order valence-corrected chi connectivity index (χ4v) is 1.06. The SMILES string of the molecule is CCOc1cc(F)cc(C=CC#N)c1. The molecule has 0 bridgehead atoms. The molecule has 0 aliphatic heterocycles. The third-order valence-electron chi connectivity index (χ3n) is 1.55. The van der Waals surface area contributed by atoms with Crippen molar-refractivity contribution < 1.29 is 9.13 Å². The second-order valence-electron chi connectivity index (χ2n) is 2.62. The first-order valence-electron chi connectivity index (χ1n) is 4.26. The number of nitrogens with zero attached hydrogens (tertiary/aromatic N) is 1. The van der Waals surface area contributed by atoms with E-state index in [1.807, 2.05) is 13.0 Å². The maximum Gasteiger partial charge on any atom is 0.127 e. The fraction of sp³-hybridized carbons (Fsp3) is 0.182. The Morgan fingerprint density at radius 2 is 2.29 bits per heavy atom. The molecule has 72 valence electrons. The van der Waals surface area contributed by atoms with E-state index in [1.165, 1.54) is 24.3 Å². The number of rotatable bonds is 3. The summed E-state index contributed by atoms with van der Waals surface area (Å²) in [5.41, 5.74) is 0.620. The molecule has 0 atom stereocenters. The molecule has 0 fully saturated rings. The van der Waals surface area contributed by atoms with Crippen molar-refractivity contribution >= 4 is 6.08 Å². The van der Waals surface area contributed by atoms with Gasteiger partial charge >= 0.3 is 0 Å². The number of allylic oxidation sites excluding steroid dienone is 1. The zero-order valence-electron chi connectivity index (χ0n) is 7.83. The van der Waals surface area contributed by atoms with Crippen LogP contribution in [0, 0.1) is 17.1 Å². The van der Waals surface area contributed by atoms with Crippen LogP contribution in [0.2, 0.25) is 0 Å². The highest BCUT2D eigenvalue weighted by atomic mass is 19.1. The average molecular weight is 191 g/mol. The minimum absolute atomic E-state index is 0.367. The molecule has 0 amide bonds. The molecule has 0 saturated carbocycles. The molecule has 0 aliphatic rings. The van der Waals surface area contributed by atoms with Crippen molar-refractivity contribution in [2.45, 2.75) is 6.92 Å². The molecule has 0 aliphatic carbocycles. The summed E-state index contributed by atoms with van der Waals surface area (Å²) in [7, 11) is 0. The third kappa shape index (κ3) is 2.91. The van der Waals surface area contributed by atoms with E-state index in [2.05, 4.69) is 0 Å². The zero-order chi connectivity index (χ0) is 10.4. The number of nitriles is 1. The van der Waals surface area contributed by atoms with Crippen molar-refractivity contribution in [1.29, 1.82) is 5.26 Å². The van der Waals surface area contributed by atoms with Gasteiger partial charge in [-0.15, -0.1) is 0 Å². The number of halogens is 1. The molecule has 0 saturated heterocycles. The highest BCUT2D eigenvalue weighted by Gasteiger charge is 1.98. The van der Waals surface area contributed by atoms with Gasteiger partial charge in [0.1, 0.15) is 11.6 Å². The van der Waals surface area contributed by atoms with Gasteiger partial charge in [0.25, 0.3) is 0 Å². The first-order valence-corrected chi connectivity index (χ1v) is 4.26. The summed E-state index contributed by atoms with van der Waals surface area (Å²) in [6, 6.07) is 6.18. The predicted octanol–water partition coefficient (Wildman–Crippen LogP) is 2.76. The summed E-state index contributed by atoms with van der Waals surface area (Å²) in [6.45, 7) is 2.32. The van der Waals surface area contributed by atoms with E-state index in [9.17, 15) is 4.39 Å². The molecule has 3 heteroatoms. The molecule has 2 nitrogen and oxygen atoms in total. The lowest BCUT2D eigenvalue weighted by molar-refractivity contribution is 0.338. The smallest absolute Gasteiger partial charge is 0.127 e. The molecule has 0 heterocycles. The minimum atomic E-state index is -0.367. The van der Waals surface area contributed by atoms with Crippen molar-refractivity contribution in [3.8, 4) is 11.8 Å². The van der Waals surface area contributed by atoms with E-state index in [-0.39, 0.29) is 5.82 Å². The van der Waals surface area contributed by atoms with E-state index < -0.39 is 0 Å². The van der Waals surface area contributed by atoms with Gasteiger partial charge in [-0.2, -0.15) is 5.26 Å². The van der Waals surface area contributed by atoms with Crippen LogP contribution in [-0.4, -0.2) is 6.61 Å². The van der Waals surface area contributed by atoms with Gasteiger partial charge < -0.3 is 4.74 Å². The summed E-state index contributed by atoms with van der Waals surface area (Å²) in [6.07, 6.45) is 2.83. The number of hydrogen-bond donors (Lipinski definition) is 0. The normalized spacial score (nSPS) is 10.1. The summed E-state index contributed by atoms with van der Waals surface area (Å²) >= 11 is 0. The van der Waals surface area contributed by atoms with Gasteiger partial charge in [0.15, 0.2) is 0 Å². The maximum absolute atomic E-state index is 13.0. The first kappa shape index (κ1) is 10.3. The van der Waals surface area contributed by atoms with Gasteiger partial charge in [0.2, 0.25) is 0 Å². The van der Waals surface area contributed by atoms with Crippen LogP contribution >= 0.6 is 0 Å². The molecule has 1 aromatic rings. The van der Waals surface area contributed by atoms with Gasteiger partial charge in [0, 0.05) is 12.1 Å². The van der Waals surface area contributed by atoms with Gasteiger partial charge in [0.05, 0.1) is 12.7 Å². The second-order valence-corrected chi connectivity index (χ2v) is 2.62. The Morgan fingerprint density at radius 3 is 2.93 bits per heavy atom. The number of ether oxygens (including phenoxy) is 1. The summed E-state index contributed by atoms with van der Waals surface area (Å²) in [5.74, 6) is 0.110. The van der Waals surface area contributed by atoms with Crippen LogP contribution in [0.25, 0.3) is 6.08 Å². The monoisotopic (exact) mass is 191 g/mol. The van der Waals surface area contributed by atoms with Gasteiger partial charge in [-0.05, 0) is 30.7 Å². The lowest BCUT2D eigenvalue weighted by Gasteiger charge is -2.03. The topological polar surface area (TPSA) is 33.0 Å². The lowest BCUT2D eigenvalue weighted by Crippen LogP contribution is -1.92. The molecule has 0 spiro atoms. The number of hydrogen-bond acceptors (Lipinski definition) is 2. The highest BCUT2D eigenvalue weighted by Crippen LogP contribution is 2.17. The third-order valence-corrected chi connectivity index (χ3v) is 1.55. The Morgan fingerprint density at radius 1 is 1.50 bits per heavy atom. The van der Waals surface area contributed by atoms with Crippen LogP contribution < -0.4 is 4.74 Å². The Labute approximate surface area is 82.2 Å². The average Bonchev–Trinajstić information content (AvgIpc) is 2.14. The Hall–Kier alpha value is -1.82. The van der Waals surface area contributed by atoms with E-state index in [0.717, 1.165) is 0 Å². The van der Waals surface area contributed by atoms with Crippen molar-refractivity contribution in [1.82, 2.24) is 0 Å². The van der Waals surface area contributed by atoms with Crippen LogP contribution in [0.4, 0.5) is 4.39 Å². The zero-order valence-corrected chi connectivity index (χ0v) is 7.83. The molecular weight excluding hydrogens is 181 g/mol. The van der Waals surface area contributed by atoms with E-state index in [4.69, 9.17) is 10.00 Å². The standard InChI is InChI=1S/C11H10FNO/c1-2-14-11-7-9(4-3-5-13)6-10(12)8-11/h3-4,6-8H,2H2,1H3. The molecule has 0 N–H and O–H groups in total. The van der Waals surface area contributed by atoms with E-state index >= 15 is 0 Å². The van der Waals surface area contributed by atoms with E-state index in [1.54, 1.807) is 6.07 Å². The van der Waals surface area contributed by atoms with Crippen LogP contribution in [0.1, 0.15) is 12.5 Å². The summed E-state index contributed by atoms with van der Waals surface area (Å²) in [5, 5.41) is 8.31. The van der Waals surface area contributed by atoms with Crippen molar-refractivity contribution in [2.24, 2.45) is 0 Å². The van der Waals surface area contributed by atoms with Gasteiger partial charge in [-0.3, -0.25) is 0 Å². The fourth-order valence-electron chi connectivity index (χ4n) is 1.06. The number of benzene rings is 1. The summed E-state index contributed by atoms with van der Waals surface area (Å²) in [4.78, 5) is 0. The Kier molecular flexibility index (Phi) is 3.69. The van der Waals surface area contributed by atoms with Crippen LogP contribution in [0.3, 0.4) is 0 Å². The molecule has 0 aromatic heterocycles. The predicted molar refractivity (Wildman–Crippen MR) is 52.2 cm³/mol. The molecule has 0 unspecified atom stereocenters. The van der Waals surface area contributed by atoms with Crippen LogP contribution in [-0.2, 0) is 0 Å². The largest absolute Gasteiger partial charge is 0.494 e. The van der Waals surface area contributed by atoms with Crippen LogP contribution in [0.5, 0.6) is 5.75 Å². The Balaban J connectivity index is 2.96. The van der Waals surface area contributed by atoms with Gasteiger partial charge in [-0.1, -0.05) is 0 Å². The van der Waals surface area contributed by atoms with Gasteiger partial charge in [-0.25, -0.2) is 4.39 Å². The maximum atomic E-state index is 13.0. The first-order chi connectivity index (χ1) is 6.76. The quantitative estimate of drug-likeness (QED) is 0.688. The molecule has 1 aromatic carbocycles. The lowest BCUT2D eigenvalue weighted by atomic mass is 10.2. The molecular formula is C11H10FNO. The second kappa shape index (κ2) is 5.03. The minimum Gasteiger partial charge on any atom is -0.494 e. The summed E-state index contributed by atoms with van der Waals surface area (Å²) < 4.78 is 18.1. The molecule has 14 heavy (non-hydrogen) atoms. The molecule has 1 rings (SSSR count). The Bertz CT molecular complexity index is 379. The van der Waals surface area contributed by atoms with Crippen molar-refractivity contribution in [2.75, 3.05) is 6.61 Å². The highest BCUT2D eigenvalue weighted by molar-refractivity contribution is 5.54. The van der Waals surface area contributed by atoms with Crippen molar-refractivity contribution in [3.05, 3.63) is 35.7 Å². The van der Waals surface area contributed by atoms with Crippen LogP contribution in [0.15, 0.2) is 24.3 Å².